The predicted molar refractivity (Wildman–Crippen MR) is 43.4 cm³/mol. The van der Waals surface area contributed by atoms with E-state index in [-0.39, 0.29) is 0 Å². The van der Waals surface area contributed by atoms with Gasteiger partial charge in [-0.2, -0.15) is 0 Å². The zero-order chi connectivity index (χ0) is 8.48. The largest absolute Gasteiger partial charge is 0.481 e. The van der Waals surface area contributed by atoms with Crippen molar-refractivity contribution in [2.75, 3.05) is 0 Å². The molecule has 1 aliphatic carbocycles. The Morgan fingerprint density at radius 1 is 1.64 bits per heavy atom. The van der Waals surface area contributed by atoms with E-state index in [2.05, 4.69) is 0 Å². The fourth-order valence-electron chi connectivity index (χ4n) is 1.34. The van der Waals surface area contributed by atoms with E-state index in [1.807, 2.05) is 13.8 Å². The zero-order valence-corrected chi connectivity index (χ0v) is 7.26. The first kappa shape index (κ1) is 8.57. The third kappa shape index (κ3) is 1.95. The van der Waals surface area contributed by atoms with Crippen LogP contribution in [-0.2, 0) is 4.79 Å². The van der Waals surface area contributed by atoms with E-state index < -0.39 is 11.4 Å². The van der Waals surface area contributed by atoms with Gasteiger partial charge < -0.3 is 5.11 Å². The van der Waals surface area contributed by atoms with Gasteiger partial charge in [-0.3, -0.25) is 4.79 Å². The highest BCUT2D eigenvalue weighted by Crippen LogP contribution is 2.41. The van der Waals surface area contributed by atoms with Gasteiger partial charge in [0.2, 0.25) is 0 Å². The first-order valence-electron chi connectivity index (χ1n) is 4.32. The van der Waals surface area contributed by atoms with Crippen LogP contribution in [0, 0.1) is 11.3 Å². The first-order chi connectivity index (χ1) is 5.08. The summed E-state index contributed by atoms with van der Waals surface area (Å²) in [6.07, 6.45) is 4.10. The molecule has 0 heterocycles. The summed E-state index contributed by atoms with van der Waals surface area (Å²) in [6.45, 7) is 3.81. The van der Waals surface area contributed by atoms with E-state index in [4.69, 9.17) is 5.11 Å². The van der Waals surface area contributed by atoms with Crippen LogP contribution in [0.3, 0.4) is 0 Å². The lowest BCUT2D eigenvalue weighted by molar-refractivity contribution is -0.148. The Bertz CT molecular complexity index is 161. The van der Waals surface area contributed by atoms with Crippen molar-refractivity contribution in [3.8, 4) is 0 Å². The number of aliphatic carboxylic acids is 1. The van der Waals surface area contributed by atoms with Gasteiger partial charge in [0.25, 0.3) is 0 Å². The Morgan fingerprint density at radius 3 is 2.45 bits per heavy atom. The molecule has 0 spiro atoms. The smallest absolute Gasteiger partial charge is 0.309 e. The number of rotatable bonds is 4. The molecule has 0 aromatic heterocycles. The fraction of sp³-hybridized carbons (Fsp3) is 0.889. The predicted octanol–water partition coefficient (Wildman–Crippen LogP) is 2.29. The SMILES string of the molecule is CCC(C)(CC1CC1)C(=O)O. The van der Waals surface area contributed by atoms with Crippen molar-refractivity contribution >= 4 is 5.97 Å². The van der Waals surface area contributed by atoms with Crippen molar-refractivity contribution in [3.05, 3.63) is 0 Å². The van der Waals surface area contributed by atoms with Crippen LogP contribution in [-0.4, -0.2) is 11.1 Å². The van der Waals surface area contributed by atoms with Crippen LogP contribution in [0.2, 0.25) is 0 Å². The van der Waals surface area contributed by atoms with Gasteiger partial charge in [-0.15, -0.1) is 0 Å². The van der Waals surface area contributed by atoms with Crippen LogP contribution in [0.25, 0.3) is 0 Å². The Labute approximate surface area is 67.6 Å². The summed E-state index contributed by atoms with van der Waals surface area (Å²) in [5.41, 5.74) is -0.457. The van der Waals surface area contributed by atoms with Gasteiger partial charge >= 0.3 is 5.97 Å². The molecule has 2 heteroatoms. The van der Waals surface area contributed by atoms with Crippen molar-refractivity contribution in [1.82, 2.24) is 0 Å². The van der Waals surface area contributed by atoms with E-state index in [1.165, 1.54) is 12.8 Å². The number of hydrogen-bond acceptors (Lipinski definition) is 1. The Hall–Kier alpha value is -0.530. The van der Waals surface area contributed by atoms with Gasteiger partial charge in [0.1, 0.15) is 0 Å². The van der Waals surface area contributed by atoms with Gasteiger partial charge in [0.15, 0.2) is 0 Å². The molecule has 0 amide bonds. The lowest BCUT2D eigenvalue weighted by Gasteiger charge is -2.22. The number of carbonyl (C=O) groups is 1. The lowest BCUT2D eigenvalue weighted by Crippen LogP contribution is -2.27. The highest BCUT2D eigenvalue weighted by molar-refractivity contribution is 5.74. The first-order valence-corrected chi connectivity index (χ1v) is 4.32. The van der Waals surface area contributed by atoms with Crippen molar-refractivity contribution in [2.24, 2.45) is 11.3 Å². The molecular formula is C9H16O2. The second-order valence-corrected chi connectivity index (χ2v) is 3.87. The average molecular weight is 156 g/mol. The molecule has 0 aliphatic heterocycles. The van der Waals surface area contributed by atoms with Crippen molar-refractivity contribution < 1.29 is 9.90 Å². The van der Waals surface area contributed by atoms with Crippen molar-refractivity contribution in [1.29, 1.82) is 0 Å². The van der Waals surface area contributed by atoms with E-state index >= 15 is 0 Å². The average Bonchev–Trinajstić information content (AvgIpc) is 2.71. The third-order valence-corrected chi connectivity index (χ3v) is 2.73. The summed E-state index contributed by atoms with van der Waals surface area (Å²) in [5.74, 6) is 0.0722. The maximum absolute atomic E-state index is 10.8. The van der Waals surface area contributed by atoms with Gasteiger partial charge in [-0.1, -0.05) is 19.8 Å². The third-order valence-electron chi connectivity index (χ3n) is 2.73. The molecule has 1 fully saturated rings. The monoisotopic (exact) mass is 156 g/mol. The molecule has 64 valence electrons. The minimum Gasteiger partial charge on any atom is -0.481 e. The van der Waals surface area contributed by atoms with Gasteiger partial charge in [-0.25, -0.2) is 0 Å². The Kier molecular flexibility index (Phi) is 2.21. The summed E-state index contributed by atoms with van der Waals surface area (Å²) >= 11 is 0. The van der Waals surface area contributed by atoms with Crippen LogP contribution in [0.5, 0.6) is 0 Å². The molecule has 1 unspecified atom stereocenters. The number of hydrogen-bond donors (Lipinski definition) is 1. The maximum atomic E-state index is 10.8. The molecule has 0 aromatic carbocycles. The second-order valence-electron chi connectivity index (χ2n) is 3.87. The summed E-state index contributed by atoms with van der Waals surface area (Å²) in [5, 5.41) is 8.91. The number of carboxylic acids is 1. The minimum absolute atomic E-state index is 0.457. The van der Waals surface area contributed by atoms with Crippen molar-refractivity contribution in [2.45, 2.75) is 39.5 Å². The molecule has 11 heavy (non-hydrogen) atoms. The van der Waals surface area contributed by atoms with Crippen LogP contribution < -0.4 is 0 Å². The molecule has 1 rings (SSSR count). The summed E-state index contributed by atoms with van der Waals surface area (Å²) in [4.78, 5) is 10.8. The molecule has 0 saturated heterocycles. The lowest BCUT2D eigenvalue weighted by atomic mass is 9.82. The minimum atomic E-state index is -0.632. The summed E-state index contributed by atoms with van der Waals surface area (Å²) in [6, 6.07) is 0. The quantitative estimate of drug-likeness (QED) is 0.678. The molecule has 2 nitrogen and oxygen atoms in total. The summed E-state index contributed by atoms with van der Waals surface area (Å²) < 4.78 is 0. The highest BCUT2D eigenvalue weighted by Gasteiger charge is 2.37. The van der Waals surface area contributed by atoms with Crippen LogP contribution in [0.4, 0.5) is 0 Å². The van der Waals surface area contributed by atoms with Crippen LogP contribution >= 0.6 is 0 Å². The van der Waals surface area contributed by atoms with E-state index in [0.29, 0.717) is 5.92 Å². The molecule has 1 N–H and O–H groups in total. The van der Waals surface area contributed by atoms with Gasteiger partial charge in [-0.05, 0) is 25.7 Å². The Balaban J connectivity index is 2.49. The molecule has 1 aliphatic rings. The molecule has 0 radical (unpaired) electrons. The number of carboxylic acid groups (broad SMARTS) is 1. The van der Waals surface area contributed by atoms with Crippen molar-refractivity contribution in [3.63, 3.8) is 0 Å². The maximum Gasteiger partial charge on any atom is 0.309 e. The van der Waals surface area contributed by atoms with E-state index in [1.54, 1.807) is 0 Å². The second kappa shape index (κ2) is 2.84. The molecule has 0 aromatic rings. The highest BCUT2D eigenvalue weighted by atomic mass is 16.4. The molecule has 1 saturated carbocycles. The summed E-state index contributed by atoms with van der Waals surface area (Å²) in [7, 11) is 0. The molecule has 1 atom stereocenters. The standard InChI is InChI=1S/C9H16O2/c1-3-9(2,8(10)11)6-7-4-5-7/h7H,3-6H2,1-2H3,(H,10,11). The molecular weight excluding hydrogens is 140 g/mol. The van der Waals surface area contributed by atoms with Crippen LogP contribution in [0.1, 0.15) is 39.5 Å². The van der Waals surface area contributed by atoms with Gasteiger partial charge in [0, 0.05) is 0 Å². The van der Waals surface area contributed by atoms with Gasteiger partial charge in [0.05, 0.1) is 5.41 Å². The van der Waals surface area contributed by atoms with Crippen LogP contribution in [0.15, 0.2) is 0 Å². The normalized spacial score (nSPS) is 22.7. The topological polar surface area (TPSA) is 37.3 Å². The fourth-order valence-corrected chi connectivity index (χ4v) is 1.34. The zero-order valence-electron chi connectivity index (χ0n) is 7.26. The Morgan fingerprint density at radius 2 is 2.18 bits per heavy atom. The van der Waals surface area contributed by atoms with E-state index in [0.717, 1.165) is 12.8 Å². The van der Waals surface area contributed by atoms with E-state index in [9.17, 15) is 4.79 Å². The molecule has 0 bridgehead atoms.